The average molecular weight is 454 g/mol. The number of fused-ring (bicyclic) bond motifs is 1. The third-order valence-electron chi connectivity index (χ3n) is 3.99. The summed E-state index contributed by atoms with van der Waals surface area (Å²) in [6.45, 7) is 0. The number of nitrogens with zero attached hydrogens (tertiary/aromatic N) is 1. The fourth-order valence-corrected chi connectivity index (χ4v) is 3.06. The SMILES string of the molecule is O=C(Nc1ccc2oc(Cc3ccccc3)nc2c1)c1ccc(I)cc1. The van der Waals surface area contributed by atoms with Crippen molar-refractivity contribution < 1.29 is 9.21 Å². The van der Waals surface area contributed by atoms with Crippen LogP contribution in [0.2, 0.25) is 0 Å². The predicted molar refractivity (Wildman–Crippen MR) is 110 cm³/mol. The topological polar surface area (TPSA) is 55.1 Å². The van der Waals surface area contributed by atoms with Crippen molar-refractivity contribution in [3.05, 3.63) is 93.4 Å². The minimum atomic E-state index is -0.145. The number of hydrogen-bond donors (Lipinski definition) is 1. The van der Waals surface area contributed by atoms with Crippen LogP contribution in [0.25, 0.3) is 11.1 Å². The van der Waals surface area contributed by atoms with Crippen LogP contribution in [0.15, 0.2) is 77.2 Å². The fourth-order valence-electron chi connectivity index (χ4n) is 2.70. The van der Waals surface area contributed by atoms with Gasteiger partial charge in [0.2, 0.25) is 0 Å². The minimum Gasteiger partial charge on any atom is -0.440 e. The van der Waals surface area contributed by atoms with Crippen molar-refractivity contribution in [3.8, 4) is 0 Å². The molecule has 1 aromatic heterocycles. The molecule has 0 aliphatic rings. The van der Waals surface area contributed by atoms with Crippen molar-refractivity contribution in [2.45, 2.75) is 6.42 Å². The molecule has 0 saturated carbocycles. The summed E-state index contributed by atoms with van der Waals surface area (Å²) >= 11 is 2.21. The van der Waals surface area contributed by atoms with E-state index in [0.29, 0.717) is 29.1 Å². The monoisotopic (exact) mass is 454 g/mol. The van der Waals surface area contributed by atoms with E-state index in [9.17, 15) is 4.79 Å². The van der Waals surface area contributed by atoms with Gasteiger partial charge in [0.15, 0.2) is 11.5 Å². The van der Waals surface area contributed by atoms with E-state index in [0.717, 1.165) is 14.7 Å². The Morgan fingerprint density at radius 2 is 1.77 bits per heavy atom. The van der Waals surface area contributed by atoms with E-state index in [1.54, 1.807) is 0 Å². The van der Waals surface area contributed by atoms with Crippen LogP contribution in [-0.2, 0) is 6.42 Å². The number of carbonyl (C=O) groups is 1. The molecule has 5 heteroatoms. The van der Waals surface area contributed by atoms with Crippen molar-refractivity contribution >= 4 is 45.3 Å². The van der Waals surface area contributed by atoms with Gasteiger partial charge < -0.3 is 9.73 Å². The van der Waals surface area contributed by atoms with Gasteiger partial charge in [0, 0.05) is 21.2 Å². The number of rotatable bonds is 4. The summed E-state index contributed by atoms with van der Waals surface area (Å²) in [5.74, 6) is 0.515. The second-order valence-electron chi connectivity index (χ2n) is 5.91. The number of nitrogens with one attached hydrogen (secondary N) is 1. The van der Waals surface area contributed by atoms with Gasteiger partial charge in [0.25, 0.3) is 5.91 Å². The molecule has 1 N–H and O–H groups in total. The van der Waals surface area contributed by atoms with Crippen LogP contribution in [0.5, 0.6) is 0 Å². The average Bonchev–Trinajstić information content (AvgIpc) is 3.04. The van der Waals surface area contributed by atoms with E-state index < -0.39 is 0 Å². The third-order valence-corrected chi connectivity index (χ3v) is 4.71. The molecule has 0 bridgehead atoms. The molecule has 0 radical (unpaired) electrons. The number of oxazole rings is 1. The lowest BCUT2D eigenvalue weighted by Crippen LogP contribution is -2.11. The van der Waals surface area contributed by atoms with Gasteiger partial charge in [-0.2, -0.15) is 0 Å². The van der Waals surface area contributed by atoms with Crippen LogP contribution in [0.3, 0.4) is 0 Å². The summed E-state index contributed by atoms with van der Waals surface area (Å²) in [6, 6.07) is 23.0. The zero-order chi connectivity index (χ0) is 17.9. The molecule has 0 fully saturated rings. The van der Waals surface area contributed by atoms with Gasteiger partial charge in [-0.25, -0.2) is 4.98 Å². The fraction of sp³-hybridized carbons (Fsp3) is 0.0476. The molecule has 3 aromatic carbocycles. The maximum Gasteiger partial charge on any atom is 0.255 e. The van der Waals surface area contributed by atoms with Crippen LogP contribution >= 0.6 is 22.6 Å². The first kappa shape index (κ1) is 16.8. The van der Waals surface area contributed by atoms with Crippen molar-refractivity contribution in [2.75, 3.05) is 5.32 Å². The van der Waals surface area contributed by atoms with Crippen molar-refractivity contribution in [1.29, 1.82) is 0 Å². The van der Waals surface area contributed by atoms with Gasteiger partial charge in [-0.05, 0) is 70.6 Å². The Balaban J connectivity index is 1.53. The summed E-state index contributed by atoms with van der Waals surface area (Å²) in [5, 5.41) is 2.91. The van der Waals surface area contributed by atoms with Crippen LogP contribution in [0, 0.1) is 3.57 Å². The highest BCUT2D eigenvalue weighted by Gasteiger charge is 2.10. The maximum absolute atomic E-state index is 12.4. The lowest BCUT2D eigenvalue weighted by molar-refractivity contribution is 0.102. The molecular weight excluding hydrogens is 439 g/mol. The van der Waals surface area contributed by atoms with Gasteiger partial charge >= 0.3 is 0 Å². The van der Waals surface area contributed by atoms with E-state index in [-0.39, 0.29) is 5.91 Å². The van der Waals surface area contributed by atoms with Crippen LogP contribution < -0.4 is 5.32 Å². The Morgan fingerprint density at radius 3 is 2.54 bits per heavy atom. The van der Waals surface area contributed by atoms with Gasteiger partial charge in [-0.1, -0.05) is 30.3 Å². The molecule has 128 valence electrons. The minimum absolute atomic E-state index is 0.145. The molecule has 4 aromatic rings. The number of aromatic nitrogens is 1. The molecule has 1 amide bonds. The number of anilines is 1. The second kappa shape index (κ2) is 7.29. The zero-order valence-electron chi connectivity index (χ0n) is 13.8. The van der Waals surface area contributed by atoms with E-state index in [1.807, 2.05) is 72.8 Å². The molecule has 26 heavy (non-hydrogen) atoms. The normalized spacial score (nSPS) is 10.8. The van der Waals surface area contributed by atoms with E-state index in [1.165, 1.54) is 0 Å². The van der Waals surface area contributed by atoms with Gasteiger partial charge in [0.05, 0.1) is 0 Å². The third kappa shape index (κ3) is 3.77. The Labute approximate surface area is 164 Å². The molecule has 0 unspecified atom stereocenters. The van der Waals surface area contributed by atoms with Gasteiger partial charge in [0.1, 0.15) is 5.52 Å². The second-order valence-corrected chi connectivity index (χ2v) is 7.16. The van der Waals surface area contributed by atoms with Crippen molar-refractivity contribution in [3.63, 3.8) is 0 Å². The maximum atomic E-state index is 12.4. The van der Waals surface area contributed by atoms with Gasteiger partial charge in [-0.3, -0.25) is 4.79 Å². The molecule has 0 aliphatic heterocycles. The van der Waals surface area contributed by atoms with Crippen LogP contribution in [0.1, 0.15) is 21.8 Å². The number of benzene rings is 3. The van der Waals surface area contributed by atoms with E-state index in [2.05, 4.69) is 32.9 Å². The van der Waals surface area contributed by atoms with Crippen LogP contribution in [-0.4, -0.2) is 10.9 Å². The number of halogens is 1. The molecular formula is C21H15IN2O2. The molecule has 0 atom stereocenters. The first-order valence-corrected chi connectivity index (χ1v) is 9.25. The van der Waals surface area contributed by atoms with E-state index >= 15 is 0 Å². The number of amides is 1. The summed E-state index contributed by atoms with van der Waals surface area (Å²) in [6.07, 6.45) is 0.639. The molecule has 0 saturated heterocycles. The van der Waals surface area contributed by atoms with E-state index in [4.69, 9.17) is 4.42 Å². The predicted octanol–water partition coefficient (Wildman–Crippen LogP) is 5.28. The molecule has 1 heterocycles. The van der Waals surface area contributed by atoms with Crippen molar-refractivity contribution in [1.82, 2.24) is 4.98 Å². The summed E-state index contributed by atoms with van der Waals surface area (Å²) in [4.78, 5) is 16.9. The Kier molecular flexibility index (Phi) is 4.71. The molecule has 0 spiro atoms. The highest BCUT2D eigenvalue weighted by Crippen LogP contribution is 2.22. The quantitative estimate of drug-likeness (QED) is 0.428. The van der Waals surface area contributed by atoms with Crippen molar-refractivity contribution in [2.24, 2.45) is 0 Å². The van der Waals surface area contributed by atoms with Crippen LogP contribution in [0.4, 0.5) is 5.69 Å². The summed E-state index contributed by atoms with van der Waals surface area (Å²) in [7, 11) is 0. The summed E-state index contributed by atoms with van der Waals surface area (Å²) < 4.78 is 6.90. The molecule has 4 nitrogen and oxygen atoms in total. The highest BCUT2D eigenvalue weighted by atomic mass is 127. The first-order valence-electron chi connectivity index (χ1n) is 8.18. The Hall–Kier alpha value is -2.67. The number of hydrogen-bond acceptors (Lipinski definition) is 3. The highest BCUT2D eigenvalue weighted by molar-refractivity contribution is 14.1. The Morgan fingerprint density at radius 1 is 1.00 bits per heavy atom. The number of carbonyl (C=O) groups excluding carboxylic acids is 1. The standard InChI is InChI=1S/C21H15IN2O2/c22-16-8-6-15(7-9-16)21(25)23-17-10-11-19-18(13-17)24-20(26-19)12-14-4-2-1-3-5-14/h1-11,13H,12H2,(H,23,25). The summed E-state index contributed by atoms with van der Waals surface area (Å²) in [5.41, 5.74) is 3.90. The smallest absolute Gasteiger partial charge is 0.255 e. The Bertz CT molecular complexity index is 1060. The first-order chi connectivity index (χ1) is 12.7. The lowest BCUT2D eigenvalue weighted by Gasteiger charge is -2.05. The largest absolute Gasteiger partial charge is 0.440 e. The molecule has 4 rings (SSSR count). The zero-order valence-corrected chi connectivity index (χ0v) is 15.9. The van der Waals surface area contributed by atoms with Gasteiger partial charge in [-0.15, -0.1) is 0 Å². The lowest BCUT2D eigenvalue weighted by atomic mass is 10.1. The molecule has 0 aliphatic carbocycles.